The van der Waals surface area contributed by atoms with Crippen molar-refractivity contribution in [2.45, 2.75) is 6.92 Å². The minimum atomic E-state index is 0.410. The predicted molar refractivity (Wildman–Crippen MR) is 99.3 cm³/mol. The zero-order valence-corrected chi connectivity index (χ0v) is 16.3. The van der Waals surface area contributed by atoms with Gasteiger partial charge in [-0.15, -0.1) is 0 Å². The van der Waals surface area contributed by atoms with E-state index < -0.39 is 0 Å². The Kier molecular flexibility index (Phi) is 4.24. The zero-order chi connectivity index (χ0) is 15.6. The molecule has 1 aliphatic heterocycles. The van der Waals surface area contributed by atoms with Crippen molar-refractivity contribution in [3.8, 4) is 0 Å². The average Bonchev–Trinajstić information content (AvgIpc) is 3.16. The van der Waals surface area contributed by atoms with E-state index in [1.807, 2.05) is 0 Å². The fourth-order valence-corrected chi connectivity index (χ4v) is 6.98. The summed E-state index contributed by atoms with van der Waals surface area (Å²) in [6, 6.07) is 17.4. The van der Waals surface area contributed by atoms with E-state index in [0.29, 0.717) is 29.5 Å². The molecule has 1 aliphatic rings. The normalized spacial score (nSPS) is 15.9. The molecule has 2 heterocycles. The average molecular weight is 431 g/mol. The first kappa shape index (κ1) is 15.0. The van der Waals surface area contributed by atoms with Crippen LogP contribution >= 0.6 is 0 Å². The third-order valence-electron chi connectivity index (χ3n) is 3.87. The fraction of sp³-hybridized carbons (Fsp3) is 0.105. The van der Waals surface area contributed by atoms with E-state index in [0.717, 1.165) is 6.54 Å². The zero-order valence-electron chi connectivity index (χ0n) is 12.8. The van der Waals surface area contributed by atoms with Crippen LogP contribution in [0, 0.1) is 0 Å². The van der Waals surface area contributed by atoms with Gasteiger partial charge in [0.25, 0.3) is 0 Å². The topological polar surface area (TPSA) is 7.12 Å². The Morgan fingerprint density at radius 3 is 2.83 bits per heavy atom. The Bertz CT molecular complexity index is 908. The first-order chi connectivity index (χ1) is 11.4. The van der Waals surface area contributed by atoms with Crippen molar-refractivity contribution < 1.29 is 4.57 Å². The Balaban J connectivity index is 1.62. The quantitative estimate of drug-likeness (QED) is 0.457. The molecule has 0 saturated heterocycles. The Labute approximate surface area is 148 Å². The molecule has 0 amide bonds. The van der Waals surface area contributed by atoms with Crippen LogP contribution in [0.4, 0.5) is 5.69 Å². The molecular weight excluding hydrogens is 414 g/mol. The summed E-state index contributed by atoms with van der Waals surface area (Å²) in [5.74, 6) is 0. The summed E-state index contributed by atoms with van der Waals surface area (Å²) in [5.41, 5.74) is 2.71. The van der Waals surface area contributed by atoms with E-state index in [1.54, 1.807) is 0 Å². The third kappa shape index (κ3) is 2.84. The molecule has 0 spiro atoms. The molecule has 23 heavy (non-hydrogen) atoms. The van der Waals surface area contributed by atoms with E-state index in [4.69, 9.17) is 0 Å². The monoisotopic (exact) mass is 433 g/mol. The van der Waals surface area contributed by atoms with Crippen molar-refractivity contribution in [2.24, 2.45) is 0 Å². The number of rotatable bonds is 3. The van der Waals surface area contributed by atoms with Crippen LogP contribution in [0.15, 0.2) is 70.3 Å². The SMILES string of the molecule is CCN1C(=CC=C[n+]2c[se]c3ccccc32)[Se]c2ccccc21. The third-order valence-corrected chi connectivity index (χ3v) is 8.20. The van der Waals surface area contributed by atoms with Crippen LogP contribution < -0.4 is 13.9 Å². The van der Waals surface area contributed by atoms with Gasteiger partial charge in [0.05, 0.1) is 0 Å². The van der Waals surface area contributed by atoms with Crippen LogP contribution in [0.2, 0.25) is 0 Å². The molecule has 4 heteroatoms. The number of anilines is 1. The summed E-state index contributed by atoms with van der Waals surface area (Å²) in [4.78, 5) is 2.44. The van der Waals surface area contributed by atoms with Gasteiger partial charge in [0.1, 0.15) is 0 Å². The number of allylic oxidation sites excluding steroid dienone is 2. The van der Waals surface area contributed by atoms with Crippen molar-refractivity contribution in [3.63, 3.8) is 0 Å². The van der Waals surface area contributed by atoms with Gasteiger partial charge in [-0.2, -0.15) is 0 Å². The molecule has 0 aliphatic carbocycles. The van der Waals surface area contributed by atoms with Gasteiger partial charge in [0.2, 0.25) is 0 Å². The van der Waals surface area contributed by atoms with Gasteiger partial charge >= 0.3 is 149 Å². The van der Waals surface area contributed by atoms with Crippen molar-refractivity contribution in [1.29, 1.82) is 0 Å². The Hall–Kier alpha value is -1.57. The summed E-state index contributed by atoms with van der Waals surface area (Å²) in [7, 11) is 0. The van der Waals surface area contributed by atoms with Gasteiger partial charge in [0, 0.05) is 0 Å². The number of benzene rings is 2. The minimum absolute atomic E-state index is 0.410. The van der Waals surface area contributed by atoms with E-state index in [1.165, 1.54) is 24.5 Å². The molecule has 1 aromatic heterocycles. The van der Waals surface area contributed by atoms with E-state index in [-0.39, 0.29) is 0 Å². The molecule has 3 aromatic rings. The molecule has 0 bridgehead atoms. The fourth-order valence-electron chi connectivity index (χ4n) is 2.78. The van der Waals surface area contributed by atoms with Crippen molar-refractivity contribution in [2.75, 3.05) is 11.4 Å². The molecule has 2 nitrogen and oxygen atoms in total. The number of hydrogen-bond donors (Lipinski definition) is 0. The van der Waals surface area contributed by atoms with Gasteiger partial charge in [-0.3, -0.25) is 0 Å². The molecular formula is C19H17N2Se2+. The molecule has 2 aromatic carbocycles. The molecule has 4 rings (SSSR count). The van der Waals surface area contributed by atoms with Gasteiger partial charge in [-0.25, -0.2) is 0 Å². The Morgan fingerprint density at radius 1 is 1.09 bits per heavy atom. The Morgan fingerprint density at radius 2 is 1.91 bits per heavy atom. The van der Waals surface area contributed by atoms with Crippen molar-refractivity contribution in [1.82, 2.24) is 0 Å². The number of nitrogens with zero attached hydrogens (tertiary/aromatic N) is 2. The molecule has 0 fully saturated rings. The second-order valence-electron chi connectivity index (χ2n) is 5.26. The number of fused-ring (bicyclic) bond motifs is 2. The summed E-state index contributed by atoms with van der Waals surface area (Å²) >= 11 is 0.866. The first-order valence-electron chi connectivity index (χ1n) is 7.67. The number of aromatic nitrogens is 1. The molecule has 0 atom stereocenters. The molecule has 0 radical (unpaired) electrons. The summed E-state index contributed by atoms with van der Waals surface area (Å²) in [6.07, 6.45) is 6.67. The summed E-state index contributed by atoms with van der Waals surface area (Å²) < 4.78 is 6.65. The first-order valence-corrected chi connectivity index (χ1v) is 11.2. The van der Waals surface area contributed by atoms with Crippen LogP contribution in [-0.2, 0) is 0 Å². The van der Waals surface area contributed by atoms with Crippen LogP contribution in [0.1, 0.15) is 6.92 Å². The van der Waals surface area contributed by atoms with Gasteiger partial charge < -0.3 is 0 Å². The van der Waals surface area contributed by atoms with Crippen molar-refractivity contribution >= 4 is 55.6 Å². The van der Waals surface area contributed by atoms with Gasteiger partial charge in [-0.05, 0) is 0 Å². The van der Waals surface area contributed by atoms with Gasteiger partial charge in [0.15, 0.2) is 0 Å². The van der Waals surface area contributed by atoms with Crippen LogP contribution in [0.3, 0.4) is 0 Å². The molecule has 0 N–H and O–H groups in total. The van der Waals surface area contributed by atoms with Gasteiger partial charge in [-0.1, -0.05) is 0 Å². The van der Waals surface area contributed by atoms with E-state index in [2.05, 4.69) is 88.3 Å². The number of para-hydroxylation sites is 2. The van der Waals surface area contributed by atoms with Crippen molar-refractivity contribution in [3.05, 3.63) is 70.3 Å². The maximum absolute atomic E-state index is 2.44. The number of hydrogen-bond acceptors (Lipinski definition) is 1. The molecule has 0 saturated carbocycles. The second-order valence-corrected chi connectivity index (χ2v) is 9.35. The standard InChI is InChI=1S/C19H17N2Se2/c1-2-21-16-9-4-6-11-18(16)23-19(21)12-7-13-20-14-22-17-10-5-3-8-15(17)20/h3-14H,2H2,1H3/q+1. The van der Waals surface area contributed by atoms with E-state index in [9.17, 15) is 0 Å². The summed E-state index contributed by atoms with van der Waals surface area (Å²) in [5, 5.41) is 2.30. The van der Waals surface area contributed by atoms with Crippen LogP contribution in [-0.4, -0.2) is 36.0 Å². The van der Waals surface area contributed by atoms with E-state index >= 15 is 0 Å². The van der Waals surface area contributed by atoms with Crippen LogP contribution in [0.5, 0.6) is 0 Å². The second kappa shape index (κ2) is 6.51. The predicted octanol–water partition coefficient (Wildman–Crippen LogP) is 2.37. The molecule has 0 unspecified atom stereocenters. The molecule has 114 valence electrons. The maximum atomic E-state index is 2.44. The summed E-state index contributed by atoms with van der Waals surface area (Å²) in [6.45, 7) is 3.25. The van der Waals surface area contributed by atoms with Crippen LogP contribution in [0.25, 0.3) is 16.0 Å².